The molecule has 1 atom stereocenters. The molecular formula is C17H20FNO3S. The van der Waals surface area contributed by atoms with Crippen LogP contribution in [-0.2, 0) is 10.0 Å². The van der Waals surface area contributed by atoms with Gasteiger partial charge in [-0.05, 0) is 55.8 Å². The first kappa shape index (κ1) is 17.4. The van der Waals surface area contributed by atoms with Crippen molar-refractivity contribution in [1.82, 2.24) is 4.31 Å². The smallest absolute Gasteiger partial charge is 0.243 e. The van der Waals surface area contributed by atoms with Crippen molar-refractivity contribution in [2.75, 3.05) is 13.7 Å². The van der Waals surface area contributed by atoms with Crippen molar-refractivity contribution in [3.63, 3.8) is 0 Å². The van der Waals surface area contributed by atoms with Crippen LogP contribution in [0.1, 0.15) is 25.5 Å². The van der Waals surface area contributed by atoms with Crippen LogP contribution < -0.4 is 4.74 Å². The van der Waals surface area contributed by atoms with E-state index < -0.39 is 16.1 Å². The lowest BCUT2D eigenvalue weighted by Crippen LogP contribution is -2.29. The van der Waals surface area contributed by atoms with Crippen LogP contribution in [0, 0.1) is 5.82 Å². The highest BCUT2D eigenvalue weighted by Crippen LogP contribution is 2.26. The number of ether oxygens (including phenoxy) is 1. The first-order valence-electron chi connectivity index (χ1n) is 7.32. The van der Waals surface area contributed by atoms with Crippen molar-refractivity contribution >= 4 is 10.0 Å². The van der Waals surface area contributed by atoms with Gasteiger partial charge in [0.1, 0.15) is 11.6 Å². The standard InChI is InChI=1S/C17H20FNO3S/c1-4-22-16-9-11-17(12-10-16)23(20,21)19(3)13(2)14-5-7-15(18)8-6-14/h5-13H,4H2,1-3H3. The fourth-order valence-electron chi connectivity index (χ4n) is 2.20. The fraction of sp³-hybridized carbons (Fsp3) is 0.294. The van der Waals surface area contributed by atoms with Gasteiger partial charge in [0, 0.05) is 13.1 Å². The summed E-state index contributed by atoms with van der Waals surface area (Å²) < 4.78 is 45.0. The second-order valence-corrected chi connectivity index (χ2v) is 7.15. The van der Waals surface area contributed by atoms with Gasteiger partial charge in [-0.2, -0.15) is 4.31 Å². The van der Waals surface area contributed by atoms with Gasteiger partial charge in [0.25, 0.3) is 0 Å². The van der Waals surface area contributed by atoms with E-state index in [1.165, 1.54) is 35.6 Å². The Kier molecular flexibility index (Phi) is 5.38. The number of rotatable bonds is 6. The Balaban J connectivity index is 2.25. The van der Waals surface area contributed by atoms with E-state index in [1.807, 2.05) is 6.92 Å². The molecule has 0 aliphatic carbocycles. The molecule has 0 saturated heterocycles. The molecule has 2 aromatic rings. The van der Waals surface area contributed by atoms with Gasteiger partial charge >= 0.3 is 0 Å². The zero-order valence-corrected chi connectivity index (χ0v) is 14.2. The number of halogens is 1. The van der Waals surface area contributed by atoms with Crippen molar-refractivity contribution in [3.05, 3.63) is 59.9 Å². The molecule has 2 rings (SSSR count). The van der Waals surface area contributed by atoms with E-state index in [1.54, 1.807) is 31.2 Å². The average molecular weight is 337 g/mol. The molecular weight excluding hydrogens is 317 g/mol. The van der Waals surface area contributed by atoms with Gasteiger partial charge < -0.3 is 4.74 Å². The zero-order valence-electron chi connectivity index (χ0n) is 13.4. The minimum Gasteiger partial charge on any atom is -0.494 e. The van der Waals surface area contributed by atoms with Crippen LogP contribution in [0.3, 0.4) is 0 Å². The van der Waals surface area contributed by atoms with Gasteiger partial charge in [-0.3, -0.25) is 0 Å². The highest BCUT2D eigenvalue weighted by Gasteiger charge is 2.26. The minimum absolute atomic E-state index is 0.192. The molecule has 4 nitrogen and oxygen atoms in total. The molecule has 0 saturated carbocycles. The van der Waals surface area contributed by atoms with E-state index in [9.17, 15) is 12.8 Å². The van der Waals surface area contributed by atoms with Crippen LogP contribution in [0.5, 0.6) is 5.75 Å². The predicted octanol–water partition coefficient (Wildman–Crippen LogP) is 3.61. The first-order valence-corrected chi connectivity index (χ1v) is 8.76. The second-order valence-electron chi connectivity index (χ2n) is 5.15. The lowest BCUT2D eigenvalue weighted by Gasteiger charge is -2.24. The number of sulfonamides is 1. The third-order valence-electron chi connectivity index (χ3n) is 3.71. The third-order valence-corrected chi connectivity index (χ3v) is 5.65. The number of hydrogen-bond acceptors (Lipinski definition) is 3. The van der Waals surface area contributed by atoms with Crippen molar-refractivity contribution in [3.8, 4) is 5.75 Å². The van der Waals surface area contributed by atoms with Gasteiger partial charge in [0.05, 0.1) is 11.5 Å². The molecule has 0 spiro atoms. The van der Waals surface area contributed by atoms with E-state index in [0.29, 0.717) is 12.4 Å². The maximum atomic E-state index is 13.0. The summed E-state index contributed by atoms with van der Waals surface area (Å²) in [6.07, 6.45) is 0. The molecule has 2 aromatic carbocycles. The molecule has 0 aliphatic heterocycles. The maximum Gasteiger partial charge on any atom is 0.243 e. The lowest BCUT2D eigenvalue weighted by atomic mass is 10.1. The predicted molar refractivity (Wildman–Crippen MR) is 87.4 cm³/mol. The minimum atomic E-state index is -3.64. The Morgan fingerprint density at radius 2 is 1.65 bits per heavy atom. The fourth-order valence-corrected chi connectivity index (χ4v) is 3.55. The summed E-state index contributed by atoms with van der Waals surface area (Å²) in [4.78, 5) is 0.192. The van der Waals surface area contributed by atoms with Gasteiger partial charge in [-0.1, -0.05) is 12.1 Å². The molecule has 0 fully saturated rings. The van der Waals surface area contributed by atoms with Crippen LogP contribution in [0.15, 0.2) is 53.4 Å². The van der Waals surface area contributed by atoms with Crippen molar-refractivity contribution in [2.24, 2.45) is 0 Å². The summed E-state index contributed by atoms with van der Waals surface area (Å²) in [6, 6.07) is 11.7. The summed E-state index contributed by atoms with van der Waals surface area (Å²) in [5.74, 6) is 0.277. The van der Waals surface area contributed by atoms with Crippen LogP contribution in [0.25, 0.3) is 0 Å². The topological polar surface area (TPSA) is 46.6 Å². The Hall–Kier alpha value is -1.92. The lowest BCUT2D eigenvalue weighted by molar-refractivity contribution is 0.340. The molecule has 0 heterocycles. The second kappa shape index (κ2) is 7.10. The SMILES string of the molecule is CCOc1ccc(S(=O)(=O)N(C)C(C)c2ccc(F)cc2)cc1. The quantitative estimate of drug-likeness (QED) is 0.809. The van der Waals surface area contributed by atoms with Gasteiger partial charge in [0.2, 0.25) is 10.0 Å². The molecule has 0 radical (unpaired) electrons. The van der Waals surface area contributed by atoms with E-state index in [-0.39, 0.29) is 10.7 Å². The number of nitrogens with zero attached hydrogens (tertiary/aromatic N) is 1. The first-order chi connectivity index (χ1) is 10.9. The Bertz CT molecular complexity index is 742. The number of hydrogen-bond donors (Lipinski definition) is 0. The molecule has 0 amide bonds. The Morgan fingerprint density at radius 3 is 2.17 bits per heavy atom. The van der Waals surface area contributed by atoms with Gasteiger partial charge in [-0.25, -0.2) is 12.8 Å². The van der Waals surface area contributed by atoms with Crippen LogP contribution in [0.4, 0.5) is 4.39 Å². The van der Waals surface area contributed by atoms with E-state index in [2.05, 4.69) is 0 Å². The molecule has 124 valence electrons. The Labute approximate surface area is 136 Å². The maximum absolute atomic E-state index is 13.0. The molecule has 0 bridgehead atoms. The van der Waals surface area contributed by atoms with Gasteiger partial charge in [0.15, 0.2) is 0 Å². The Morgan fingerprint density at radius 1 is 1.09 bits per heavy atom. The molecule has 0 N–H and O–H groups in total. The van der Waals surface area contributed by atoms with E-state index >= 15 is 0 Å². The third kappa shape index (κ3) is 3.89. The highest BCUT2D eigenvalue weighted by molar-refractivity contribution is 7.89. The summed E-state index contributed by atoms with van der Waals surface area (Å²) in [5, 5.41) is 0. The molecule has 23 heavy (non-hydrogen) atoms. The normalized spacial score (nSPS) is 13.1. The molecule has 0 aliphatic rings. The summed E-state index contributed by atoms with van der Waals surface area (Å²) in [5.41, 5.74) is 0.725. The monoisotopic (exact) mass is 337 g/mol. The van der Waals surface area contributed by atoms with Crippen LogP contribution in [-0.4, -0.2) is 26.4 Å². The molecule has 1 unspecified atom stereocenters. The zero-order chi connectivity index (χ0) is 17.0. The summed E-state index contributed by atoms with van der Waals surface area (Å²) in [7, 11) is -2.13. The van der Waals surface area contributed by atoms with E-state index in [4.69, 9.17) is 4.74 Å². The summed E-state index contributed by atoms with van der Waals surface area (Å²) >= 11 is 0. The van der Waals surface area contributed by atoms with Crippen LogP contribution >= 0.6 is 0 Å². The number of benzene rings is 2. The molecule has 6 heteroatoms. The van der Waals surface area contributed by atoms with Crippen molar-refractivity contribution < 1.29 is 17.5 Å². The average Bonchev–Trinajstić information content (AvgIpc) is 2.55. The summed E-state index contributed by atoms with van der Waals surface area (Å²) in [6.45, 7) is 4.15. The highest BCUT2D eigenvalue weighted by atomic mass is 32.2. The largest absolute Gasteiger partial charge is 0.494 e. The van der Waals surface area contributed by atoms with Crippen molar-refractivity contribution in [1.29, 1.82) is 0 Å². The van der Waals surface area contributed by atoms with E-state index in [0.717, 1.165) is 5.56 Å². The molecule has 0 aromatic heterocycles. The van der Waals surface area contributed by atoms with Gasteiger partial charge in [-0.15, -0.1) is 0 Å². The van der Waals surface area contributed by atoms with Crippen molar-refractivity contribution in [2.45, 2.75) is 24.8 Å². The van der Waals surface area contributed by atoms with Crippen LogP contribution in [0.2, 0.25) is 0 Å².